The van der Waals surface area contributed by atoms with Crippen LogP contribution < -0.4 is 9.47 Å². The van der Waals surface area contributed by atoms with Gasteiger partial charge in [0, 0.05) is 12.0 Å². The summed E-state index contributed by atoms with van der Waals surface area (Å²) in [6.45, 7) is 0. The Kier molecular flexibility index (Phi) is 4.62. The SMILES string of the molecule is Fc1cccc(-c2nc3c(Cc4ccc(-c5ccc6c(c5)OC(F)(F)O6)nn4)nncc3[nH]2)c1F. The van der Waals surface area contributed by atoms with Gasteiger partial charge in [0.15, 0.2) is 23.1 Å². The lowest BCUT2D eigenvalue weighted by molar-refractivity contribution is -0.286. The zero-order valence-electron chi connectivity index (χ0n) is 17.5. The normalized spacial score (nSPS) is 13.9. The average Bonchev–Trinajstić information content (AvgIpc) is 3.40. The summed E-state index contributed by atoms with van der Waals surface area (Å²) in [5, 5.41) is 16.4. The molecular weight excluding hydrogens is 468 g/mol. The number of rotatable bonds is 4. The largest absolute Gasteiger partial charge is 0.586 e. The summed E-state index contributed by atoms with van der Waals surface area (Å²) in [7, 11) is 0. The van der Waals surface area contributed by atoms with Crippen LogP contribution in [0.4, 0.5) is 17.6 Å². The van der Waals surface area contributed by atoms with Crippen LogP contribution in [-0.2, 0) is 6.42 Å². The van der Waals surface area contributed by atoms with Gasteiger partial charge in [-0.25, -0.2) is 13.8 Å². The van der Waals surface area contributed by atoms with Gasteiger partial charge in [-0.1, -0.05) is 6.07 Å². The minimum absolute atomic E-state index is 0.0159. The molecule has 174 valence electrons. The number of benzene rings is 2. The van der Waals surface area contributed by atoms with Crippen LogP contribution >= 0.6 is 0 Å². The molecule has 35 heavy (non-hydrogen) atoms. The Morgan fingerprint density at radius 3 is 2.60 bits per heavy atom. The maximum atomic E-state index is 14.2. The molecule has 2 aromatic carbocycles. The number of H-pyrrole nitrogens is 1. The van der Waals surface area contributed by atoms with E-state index in [1.807, 2.05) is 0 Å². The van der Waals surface area contributed by atoms with E-state index in [2.05, 4.69) is 39.8 Å². The molecule has 0 radical (unpaired) electrons. The first-order chi connectivity index (χ1) is 16.9. The van der Waals surface area contributed by atoms with E-state index in [1.165, 1.54) is 30.5 Å². The van der Waals surface area contributed by atoms with Crippen molar-refractivity contribution in [1.29, 1.82) is 0 Å². The number of fused-ring (bicyclic) bond motifs is 2. The van der Waals surface area contributed by atoms with E-state index in [1.54, 1.807) is 18.2 Å². The minimum Gasteiger partial charge on any atom is -0.395 e. The molecule has 8 nitrogen and oxygen atoms in total. The topological polar surface area (TPSA) is 98.7 Å². The molecule has 0 saturated carbocycles. The monoisotopic (exact) mass is 480 g/mol. The first kappa shape index (κ1) is 21.0. The number of nitrogens with zero attached hydrogens (tertiary/aromatic N) is 5. The van der Waals surface area contributed by atoms with Gasteiger partial charge in [0.25, 0.3) is 0 Å². The summed E-state index contributed by atoms with van der Waals surface area (Å²) < 4.78 is 63.2. The number of imidazole rings is 1. The maximum absolute atomic E-state index is 14.2. The van der Waals surface area contributed by atoms with E-state index < -0.39 is 17.9 Å². The maximum Gasteiger partial charge on any atom is 0.586 e. The second-order valence-electron chi connectivity index (χ2n) is 7.66. The van der Waals surface area contributed by atoms with Crippen molar-refractivity contribution in [2.45, 2.75) is 12.7 Å². The second-order valence-corrected chi connectivity index (χ2v) is 7.66. The first-order valence-electron chi connectivity index (χ1n) is 10.2. The van der Waals surface area contributed by atoms with Crippen LogP contribution in [0.2, 0.25) is 0 Å². The Morgan fingerprint density at radius 1 is 0.914 bits per heavy atom. The third kappa shape index (κ3) is 3.78. The minimum atomic E-state index is -3.70. The van der Waals surface area contributed by atoms with Crippen LogP contribution in [0.15, 0.2) is 54.7 Å². The lowest BCUT2D eigenvalue weighted by atomic mass is 10.1. The fraction of sp³-hybridized carbons (Fsp3) is 0.0870. The van der Waals surface area contributed by atoms with Crippen LogP contribution in [0.1, 0.15) is 11.4 Å². The number of aromatic amines is 1. The van der Waals surface area contributed by atoms with Crippen molar-refractivity contribution in [3.63, 3.8) is 0 Å². The summed E-state index contributed by atoms with van der Waals surface area (Å²) in [5.41, 5.74) is 2.84. The molecule has 0 atom stereocenters. The summed E-state index contributed by atoms with van der Waals surface area (Å²) >= 11 is 0. The number of hydrogen-bond donors (Lipinski definition) is 1. The average molecular weight is 480 g/mol. The smallest absolute Gasteiger partial charge is 0.395 e. The Hall–Kier alpha value is -4.61. The fourth-order valence-electron chi connectivity index (χ4n) is 3.73. The lowest BCUT2D eigenvalue weighted by Gasteiger charge is -2.04. The van der Waals surface area contributed by atoms with Crippen LogP contribution in [0.25, 0.3) is 33.7 Å². The van der Waals surface area contributed by atoms with Gasteiger partial charge < -0.3 is 14.5 Å². The predicted molar refractivity (Wildman–Crippen MR) is 114 cm³/mol. The molecule has 0 aliphatic carbocycles. The highest BCUT2D eigenvalue weighted by atomic mass is 19.3. The number of nitrogens with one attached hydrogen (secondary N) is 1. The van der Waals surface area contributed by atoms with Crippen molar-refractivity contribution >= 4 is 11.0 Å². The molecule has 3 aromatic heterocycles. The van der Waals surface area contributed by atoms with E-state index in [9.17, 15) is 17.6 Å². The zero-order valence-corrected chi connectivity index (χ0v) is 17.5. The molecular formula is C23H12F4N6O2. The second kappa shape index (κ2) is 7.72. The number of alkyl halides is 2. The molecule has 0 unspecified atom stereocenters. The van der Waals surface area contributed by atoms with Gasteiger partial charge in [0.2, 0.25) is 0 Å². The number of aromatic nitrogens is 6. The van der Waals surface area contributed by atoms with Crippen molar-refractivity contribution in [2.24, 2.45) is 0 Å². The molecule has 1 aliphatic heterocycles. The molecule has 6 rings (SSSR count). The number of ether oxygens (including phenoxy) is 2. The molecule has 5 aromatic rings. The Balaban J connectivity index is 1.27. The Bertz CT molecular complexity index is 1590. The molecule has 4 heterocycles. The van der Waals surface area contributed by atoms with Crippen molar-refractivity contribution in [1.82, 2.24) is 30.4 Å². The van der Waals surface area contributed by atoms with Crippen LogP contribution in [0.3, 0.4) is 0 Å². The van der Waals surface area contributed by atoms with Gasteiger partial charge in [0.1, 0.15) is 11.3 Å². The van der Waals surface area contributed by atoms with E-state index in [0.29, 0.717) is 33.7 Å². The molecule has 1 N–H and O–H groups in total. The number of hydrogen-bond acceptors (Lipinski definition) is 7. The molecule has 1 aliphatic rings. The van der Waals surface area contributed by atoms with Crippen molar-refractivity contribution in [2.75, 3.05) is 0 Å². The fourth-order valence-corrected chi connectivity index (χ4v) is 3.73. The Morgan fingerprint density at radius 2 is 1.77 bits per heavy atom. The molecule has 0 amide bonds. The molecule has 0 fully saturated rings. The van der Waals surface area contributed by atoms with E-state index in [0.717, 1.165) is 6.07 Å². The van der Waals surface area contributed by atoms with Crippen LogP contribution in [0, 0.1) is 11.6 Å². The quantitative estimate of drug-likeness (QED) is 0.374. The van der Waals surface area contributed by atoms with Gasteiger partial charge in [0.05, 0.1) is 34.4 Å². The first-order valence-corrected chi connectivity index (χ1v) is 10.2. The van der Waals surface area contributed by atoms with Crippen molar-refractivity contribution < 1.29 is 27.0 Å². The molecule has 12 heteroatoms. The summed E-state index contributed by atoms with van der Waals surface area (Å²) in [5.74, 6) is -2.01. The number of halogens is 4. The van der Waals surface area contributed by atoms with Crippen LogP contribution in [-0.4, -0.2) is 36.7 Å². The van der Waals surface area contributed by atoms with Gasteiger partial charge in [-0.2, -0.15) is 20.4 Å². The summed E-state index contributed by atoms with van der Waals surface area (Å²) in [6, 6.07) is 11.5. The van der Waals surface area contributed by atoms with E-state index >= 15 is 0 Å². The highest BCUT2D eigenvalue weighted by Crippen LogP contribution is 2.42. The zero-order chi connectivity index (χ0) is 24.2. The lowest BCUT2D eigenvalue weighted by Crippen LogP contribution is -2.25. The summed E-state index contributed by atoms with van der Waals surface area (Å²) in [4.78, 5) is 7.32. The Labute approximate surface area is 193 Å². The van der Waals surface area contributed by atoms with E-state index in [4.69, 9.17) is 0 Å². The van der Waals surface area contributed by atoms with Gasteiger partial charge in [-0.3, -0.25) is 0 Å². The van der Waals surface area contributed by atoms with Crippen molar-refractivity contribution in [3.8, 4) is 34.1 Å². The summed E-state index contributed by atoms with van der Waals surface area (Å²) in [6.07, 6.45) is -2.06. The highest BCUT2D eigenvalue weighted by Gasteiger charge is 2.43. The van der Waals surface area contributed by atoms with Gasteiger partial charge in [-0.15, -0.1) is 8.78 Å². The molecule has 0 spiro atoms. The highest BCUT2D eigenvalue weighted by molar-refractivity contribution is 5.80. The predicted octanol–water partition coefficient (Wildman–Crippen LogP) is 4.67. The van der Waals surface area contributed by atoms with Gasteiger partial charge in [-0.05, 0) is 42.5 Å². The van der Waals surface area contributed by atoms with E-state index in [-0.39, 0.29) is 29.3 Å². The standard InChI is InChI=1S/C23H12F4N6O2/c24-14-3-1-2-13(20(14)25)22-29-17-10-28-32-16(21(17)30-22)9-12-5-6-15(33-31-12)11-4-7-18-19(8-11)35-23(26,27)34-18/h1-8,10H,9H2,(H,29,30). The third-order valence-electron chi connectivity index (χ3n) is 5.34. The molecule has 0 bridgehead atoms. The van der Waals surface area contributed by atoms with Crippen molar-refractivity contribution in [3.05, 3.63) is 77.8 Å². The van der Waals surface area contributed by atoms with Gasteiger partial charge >= 0.3 is 6.29 Å². The molecule has 0 saturated heterocycles. The third-order valence-corrected chi connectivity index (χ3v) is 5.34. The van der Waals surface area contributed by atoms with Crippen LogP contribution in [0.5, 0.6) is 11.5 Å².